The number of hydrogen-bond donors (Lipinski definition) is 2. The molecule has 52 heavy (non-hydrogen) atoms. The summed E-state index contributed by atoms with van der Waals surface area (Å²) in [4.78, 5) is 25.4. The second-order valence-corrected chi connectivity index (χ2v) is 16.4. The van der Waals surface area contributed by atoms with Crippen molar-refractivity contribution in [1.29, 1.82) is 0 Å². The first-order valence-electron chi connectivity index (χ1n) is 17.3. The summed E-state index contributed by atoms with van der Waals surface area (Å²) in [6.07, 6.45) is 8.76. The Balaban J connectivity index is 1.13. The van der Waals surface area contributed by atoms with Crippen molar-refractivity contribution in [3.05, 3.63) is 59.7 Å². The number of hydrogen-bond acceptors (Lipinski definition) is 11. The molecule has 2 aliphatic rings. The Hall–Kier alpha value is -4.04. The molecular weight excluding hydrogens is 751 g/mol. The first-order valence-corrected chi connectivity index (χ1v) is 20.4. The Labute approximate surface area is 311 Å². The van der Waals surface area contributed by atoms with Crippen LogP contribution in [0.5, 0.6) is 5.75 Å². The number of halogens is 3. The topological polar surface area (TPSA) is 112 Å². The van der Waals surface area contributed by atoms with Gasteiger partial charge >= 0.3 is 0 Å². The Kier molecular flexibility index (Phi) is 11.1. The van der Waals surface area contributed by atoms with E-state index in [1.165, 1.54) is 0 Å². The average Bonchev–Trinajstić information content (AvgIpc) is 3.58. The number of rotatable bonds is 11. The number of ether oxygens (including phenoxy) is 1. The number of nitrogens with one attached hydrogen (secondary N) is 2. The van der Waals surface area contributed by atoms with Crippen LogP contribution < -0.4 is 25.6 Å². The minimum atomic E-state index is -2.28. The molecule has 0 atom stereocenters. The molecule has 2 aromatic carbocycles. The largest absolute Gasteiger partial charge is 0.494 e. The molecule has 2 saturated heterocycles. The van der Waals surface area contributed by atoms with E-state index in [9.17, 15) is 8.78 Å². The molecule has 0 bridgehead atoms. The van der Waals surface area contributed by atoms with Gasteiger partial charge in [-0.15, -0.1) is 0 Å². The molecule has 2 aliphatic heterocycles. The number of benzene rings is 2. The van der Waals surface area contributed by atoms with Crippen LogP contribution in [-0.4, -0.2) is 118 Å². The molecule has 12 nitrogen and oxygen atoms in total. The van der Waals surface area contributed by atoms with Gasteiger partial charge in [0.2, 0.25) is 5.95 Å². The number of methoxy groups -OCH3 is 1. The second kappa shape index (κ2) is 15.9. The summed E-state index contributed by atoms with van der Waals surface area (Å²) in [5, 5.41) is 12.5. The predicted molar refractivity (Wildman–Crippen MR) is 209 cm³/mol. The molecule has 0 aliphatic carbocycles. The zero-order chi connectivity index (χ0) is 36.4. The maximum absolute atomic E-state index is 12.9. The van der Waals surface area contributed by atoms with Gasteiger partial charge in [0.25, 0.3) is 6.43 Å². The molecule has 2 fully saturated rings. The van der Waals surface area contributed by atoms with Crippen LogP contribution in [0, 0.1) is 0 Å². The van der Waals surface area contributed by atoms with E-state index in [1.807, 2.05) is 36.5 Å². The maximum Gasteiger partial charge on any atom is 0.251 e. The molecule has 5 heterocycles. The summed E-state index contributed by atoms with van der Waals surface area (Å²) in [5.41, 5.74) is 6.46. The van der Waals surface area contributed by atoms with Gasteiger partial charge in [-0.25, -0.2) is 13.8 Å². The van der Waals surface area contributed by atoms with Gasteiger partial charge in [-0.1, -0.05) is 7.92 Å². The van der Waals surface area contributed by atoms with Crippen molar-refractivity contribution in [3.63, 3.8) is 0 Å². The molecule has 5 aromatic rings. The molecule has 0 spiro atoms. The van der Waals surface area contributed by atoms with Gasteiger partial charge in [0.05, 0.1) is 41.0 Å². The lowest BCUT2D eigenvalue weighted by molar-refractivity contribution is 0.0392. The molecule has 16 heteroatoms. The molecule has 0 amide bonds. The summed E-state index contributed by atoms with van der Waals surface area (Å²) in [6, 6.07) is 8.60. The van der Waals surface area contributed by atoms with Crippen LogP contribution in [0.2, 0.25) is 0 Å². The van der Waals surface area contributed by atoms with Gasteiger partial charge in [0, 0.05) is 111 Å². The maximum atomic E-state index is 12.9. The van der Waals surface area contributed by atoms with Crippen molar-refractivity contribution < 1.29 is 13.5 Å². The lowest BCUT2D eigenvalue weighted by Crippen LogP contribution is -2.53. The highest BCUT2D eigenvalue weighted by Gasteiger charge is 2.30. The summed E-state index contributed by atoms with van der Waals surface area (Å²) in [5.74, 6) is 1.68. The van der Waals surface area contributed by atoms with Gasteiger partial charge < -0.3 is 20.3 Å². The fourth-order valence-corrected chi connectivity index (χ4v) is 8.70. The van der Waals surface area contributed by atoms with Crippen LogP contribution >= 0.6 is 23.9 Å². The minimum absolute atomic E-state index is 0.136. The third-order valence-electron chi connectivity index (χ3n) is 9.76. The summed E-state index contributed by atoms with van der Waals surface area (Å²) in [6.45, 7) is 9.06. The van der Waals surface area contributed by atoms with Crippen LogP contribution in [0.15, 0.2) is 59.7 Å². The monoisotopic (exact) mass is 793 g/mol. The van der Waals surface area contributed by atoms with E-state index in [0.29, 0.717) is 36.6 Å². The number of aromatic nitrogens is 6. The van der Waals surface area contributed by atoms with Crippen molar-refractivity contribution in [2.45, 2.75) is 25.3 Å². The van der Waals surface area contributed by atoms with Crippen LogP contribution in [0.4, 0.5) is 37.6 Å². The Bertz CT molecular complexity index is 2020. The average molecular weight is 795 g/mol. The van der Waals surface area contributed by atoms with Crippen molar-refractivity contribution in [1.82, 2.24) is 39.5 Å². The van der Waals surface area contributed by atoms with Gasteiger partial charge in [-0.3, -0.25) is 24.4 Å². The molecule has 7 rings (SSSR count). The second-order valence-electron chi connectivity index (χ2n) is 13.3. The lowest BCUT2D eigenvalue weighted by Gasteiger charge is -2.43. The highest BCUT2D eigenvalue weighted by molar-refractivity contribution is 9.10. The minimum Gasteiger partial charge on any atom is -0.494 e. The lowest BCUT2D eigenvalue weighted by atomic mass is 9.98. The molecular formula is C36H43BrF2N11OP. The Morgan fingerprint density at radius 1 is 0.962 bits per heavy atom. The zero-order valence-corrected chi connectivity index (χ0v) is 32.2. The van der Waals surface area contributed by atoms with Gasteiger partial charge in [-0.05, 0) is 60.3 Å². The highest BCUT2D eigenvalue weighted by Crippen LogP contribution is 2.42. The van der Waals surface area contributed by atoms with Gasteiger partial charge in [0.15, 0.2) is 0 Å². The first kappa shape index (κ1) is 36.3. The molecule has 0 saturated carbocycles. The van der Waals surface area contributed by atoms with E-state index in [2.05, 4.69) is 81.9 Å². The molecule has 3 aromatic heterocycles. The number of anilines is 5. The zero-order valence-electron chi connectivity index (χ0n) is 29.7. The first-order chi connectivity index (χ1) is 25.2. The molecule has 274 valence electrons. The van der Waals surface area contributed by atoms with E-state index in [-0.39, 0.29) is 6.54 Å². The molecule has 0 unspecified atom stereocenters. The number of aryl methyl sites for hydroxylation is 1. The van der Waals surface area contributed by atoms with E-state index in [0.717, 1.165) is 88.0 Å². The molecule has 2 N–H and O–H groups in total. The van der Waals surface area contributed by atoms with Crippen LogP contribution in [0.25, 0.3) is 22.2 Å². The number of piperazine rings is 1. The highest BCUT2D eigenvalue weighted by atomic mass is 79.9. The van der Waals surface area contributed by atoms with E-state index in [1.54, 1.807) is 30.4 Å². The summed E-state index contributed by atoms with van der Waals surface area (Å²) in [7, 11) is 3.07. The van der Waals surface area contributed by atoms with Gasteiger partial charge in [0.1, 0.15) is 11.6 Å². The smallest absolute Gasteiger partial charge is 0.251 e. The third kappa shape index (κ3) is 7.97. The number of piperidine rings is 1. The predicted octanol–water partition coefficient (Wildman–Crippen LogP) is 6.30. The SMILES string of the molecule is COc1cc(N2CCC(N3CCN(CC(F)F)CC3)CC2)c(-c2cnn(C)c2)cc1Nc1ncc(Br)c(Nc2ccc3nccnc3c2P(C)C)n1. The van der Waals surface area contributed by atoms with Crippen LogP contribution in [0.3, 0.4) is 0 Å². The molecule has 0 radical (unpaired) electrons. The van der Waals surface area contributed by atoms with E-state index < -0.39 is 14.3 Å². The quantitative estimate of drug-likeness (QED) is 0.147. The van der Waals surface area contributed by atoms with Gasteiger partial charge in [-0.2, -0.15) is 10.1 Å². The standard InChI is InChI=1S/C36H43BrF2N11OP/c1-47-21-23(19-43-47)25-17-29(31(51-2)18-30(25)50-11-7-24(8-12-50)49-15-13-48(14-16-49)22-32(38)39)45-36-42-20-26(37)35(46-36)44-28-6-5-27-33(34(28)52(3)4)41-10-9-40-27/h5-6,9-10,17-21,24,32H,7-8,11-16,22H2,1-4H3,(H2,42,44,45,46). The fraction of sp³-hybridized carbons (Fsp3) is 0.417. The fourth-order valence-electron chi connectivity index (χ4n) is 7.21. The summed E-state index contributed by atoms with van der Waals surface area (Å²) >= 11 is 3.64. The normalized spacial score (nSPS) is 16.3. The third-order valence-corrected chi connectivity index (χ3v) is 11.7. The number of alkyl halides is 2. The number of fused-ring (bicyclic) bond motifs is 1. The van der Waals surface area contributed by atoms with Crippen molar-refractivity contribution >= 4 is 69.0 Å². The van der Waals surface area contributed by atoms with Crippen molar-refractivity contribution in [2.75, 3.05) is 81.8 Å². The Morgan fingerprint density at radius 2 is 1.73 bits per heavy atom. The van der Waals surface area contributed by atoms with Crippen LogP contribution in [0.1, 0.15) is 12.8 Å². The van der Waals surface area contributed by atoms with Crippen molar-refractivity contribution in [2.24, 2.45) is 7.05 Å². The van der Waals surface area contributed by atoms with Crippen molar-refractivity contribution in [3.8, 4) is 16.9 Å². The van der Waals surface area contributed by atoms with Crippen LogP contribution in [-0.2, 0) is 7.05 Å². The number of nitrogens with zero attached hydrogens (tertiary/aromatic N) is 9. The Morgan fingerprint density at radius 3 is 2.42 bits per heavy atom. The van der Waals surface area contributed by atoms with E-state index >= 15 is 0 Å². The van der Waals surface area contributed by atoms with E-state index in [4.69, 9.17) is 9.72 Å². The summed E-state index contributed by atoms with van der Waals surface area (Å²) < 4.78 is 34.3.